The van der Waals surface area contributed by atoms with Gasteiger partial charge in [0.15, 0.2) is 0 Å². The van der Waals surface area contributed by atoms with E-state index in [4.69, 9.17) is 14.2 Å². The van der Waals surface area contributed by atoms with Crippen LogP contribution in [0.15, 0.2) is 36.0 Å². The molecule has 0 aliphatic carbocycles. The van der Waals surface area contributed by atoms with E-state index in [1.54, 1.807) is 24.0 Å². The number of aliphatic hydroxyl groups is 3. The van der Waals surface area contributed by atoms with Gasteiger partial charge >= 0.3 is 12.1 Å². The molecule has 3 aliphatic rings. The van der Waals surface area contributed by atoms with Crippen LogP contribution in [0.25, 0.3) is 0 Å². The number of ether oxygens (including phenoxy) is 3. The van der Waals surface area contributed by atoms with E-state index in [2.05, 4.69) is 4.90 Å². The quantitative estimate of drug-likeness (QED) is 0.152. The first kappa shape index (κ1) is 36.2. The molecular weight excluding hydrogens is 564 g/mol. The molecule has 250 valence electrons. The van der Waals surface area contributed by atoms with E-state index in [0.717, 1.165) is 18.7 Å². The van der Waals surface area contributed by atoms with E-state index in [1.165, 1.54) is 0 Å². The predicted molar refractivity (Wildman–Crippen MR) is 169 cm³/mol. The Kier molecular flexibility index (Phi) is 13.5. The summed E-state index contributed by atoms with van der Waals surface area (Å²) in [4.78, 5) is 29.7. The Hall–Kier alpha value is -2.24. The zero-order valence-electron chi connectivity index (χ0n) is 27.7. The minimum Gasteiger partial charge on any atom is -0.457 e. The van der Waals surface area contributed by atoms with Crippen molar-refractivity contribution in [3.05, 3.63) is 36.0 Å². The Labute approximate surface area is 263 Å². The lowest BCUT2D eigenvalue weighted by molar-refractivity contribution is -0.151. The summed E-state index contributed by atoms with van der Waals surface area (Å²) in [6.07, 6.45) is 8.14. The first-order valence-corrected chi connectivity index (χ1v) is 16.3. The standard InChI is InChI=1S/C34H56N2O8/c1-8-27(38)25(5)32-29(42-32)21-34(6,41)15-9-10-23(3)31-24(4)12-14-28(22(2)11-13-26(37)20-30(39)44-31)43-33(40)36-18-16-35(7)17-19-36/h9-10,12,14-15,22,24-29,31-32,37-38,41H,8,11,13,16-21H2,1-7H3/b14-12+,15-9+,23-10+. The largest absolute Gasteiger partial charge is 0.457 e. The summed E-state index contributed by atoms with van der Waals surface area (Å²) in [6, 6.07) is 0. The zero-order valence-corrected chi connectivity index (χ0v) is 27.7. The maximum Gasteiger partial charge on any atom is 0.410 e. The van der Waals surface area contributed by atoms with Crippen LogP contribution in [0.2, 0.25) is 0 Å². The van der Waals surface area contributed by atoms with Crippen LogP contribution in [0.5, 0.6) is 0 Å². The molecule has 0 saturated carbocycles. The summed E-state index contributed by atoms with van der Waals surface area (Å²) in [5.74, 6) is -0.764. The minimum atomic E-state index is -1.12. The van der Waals surface area contributed by atoms with Gasteiger partial charge in [0.2, 0.25) is 0 Å². The van der Waals surface area contributed by atoms with Crippen LogP contribution in [-0.4, -0.2) is 113 Å². The molecule has 0 spiro atoms. The average molecular weight is 621 g/mol. The highest BCUT2D eigenvalue weighted by Crippen LogP contribution is 2.37. The van der Waals surface area contributed by atoms with Crippen molar-refractivity contribution in [2.24, 2.45) is 17.8 Å². The highest BCUT2D eigenvalue weighted by atomic mass is 16.6. The number of nitrogens with zero attached hydrogens (tertiary/aromatic N) is 2. The maximum atomic E-state index is 13.0. The van der Waals surface area contributed by atoms with E-state index in [-0.39, 0.29) is 42.5 Å². The molecule has 0 radical (unpaired) electrons. The molecule has 0 aromatic rings. The number of amides is 1. The van der Waals surface area contributed by atoms with Crippen molar-refractivity contribution in [1.82, 2.24) is 9.80 Å². The monoisotopic (exact) mass is 620 g/mol. The third-order valence-electron chi connectivity index (χ3n) is 9.30. The minimum absolute atomic E-state index is 0.00801. The smallest absolute Gasteiger partial charge is 0.410 e. The van der Waals surface area contributed by atoms with Gasteiger partial charge in [-0.2, -0.15) is 0 Å². The van der Waals surface area contributed by atoms with Crippen LogP contribution >= 0.6 is 0 Å². The highest BCUT2D eigenvalue weighted by Gasteiger charge is 2.47. The molecule has 0 aromatic heterocycles. The summed E-state index contributed by atoms with van der Waals surface area (Å²) in [5.41, 5.74) is -0.350. The topological polar surface area (TPSA) is 132 Å². The van der Waals surface area contributed by atoms with E-state index >= 15 is 0 Å². The van der Waals surface area contributed by atoms with Gasteiger partial charge in [-0.1, -0.05) is 52.0 Å². The summed E-state index contributed by atoms with van der Waals surface area (Å²) in [6.45, 7) is 14.3. The van der Waals surface area contributed by atoms with Crippen molar-refractivity contribution in [2.45, 2.75) is 116 Å². The lowest BCUT2D eigenvalue weighted by Gasteiger charge is -2.33. The van der Waals surface area contributed by atoms with Crippen LogP contribution in [0, 0.1) is 17.8 Å². The molecule has 2 saturated heterocycles. The number of piperazine rings is 1. The number of hydrogen-bond acceptors (Lipinski definition) is 9. The molecule has 3 heterocycles. The number of rotatable bonds is 9. The van der Waals surface area contributed by atoms with E-state index in [1.807, 2.05) is 59.9 Å². The normalized spacial score (nSPS) is 34.7. The molecule has 3 N–H and O–H groups in total. The number of esters is 1. The summed E-state index contributed by atoms with van der Waals surface area (Å²) in [7, 11) is 2.03. The fraction of sp³-hybridized carbons (Fsp3) is 0.765. The molecule has 10 unspecified atom stereocenters. The first-order chi connectivity index (χ1) is 20.7. The number of hydrogen-bond donors (Lipinski definition) is 3. The third-order valence-corrected chi connectivity index (χ3v) is 9.30. The lowest BCUT2D eigenvalue weighted by Crippen LogP contribution is -2.48. The van der Waals surface area contributed by atoms with Crippen LogP contribution in [0.3, 0.4) is 0 Å². The van der Waals surface area contributed by atoms with Crippen molar-refractivity contribution in [3.8, 4) is 0 Å². The van der Waals surface area contributed by atoms with Gasteiger partial charge in [-0.15, -0.1) is 0 Å². The number of aliphatic hydroxyl groups excluding tert-OH is 2. The maximum absolute atomic E-state index is 13.0. The van der Waals surface area contributed by atoms with Gasteiger partial charge in [-0.25, -0.2) is 4.79 Å². The number of epoxide rings is 1. The number of carbonyl (C=O) groups excluding carboxylic acids is 2. The Morgan fingerprint density at radius 1 is 1.20 bits per heavy atom. The average Bonchev–Trinajstić information content (AvgIpc) is 3.73. The zero-order chi connectivity index (χ0) is 32.6. The molecule has 10 heteroatoms. The Balaban J connectivity index is 1.70. The number of likely N-dealkylation sites (N-methyl/N-ethyl adjacent to an activating group) is 1. The molecule has 0 aromatic carbocycles. The van der Waals surface area contributed by atoms with Crippen molar-refractivity contribution < 1.29 is 39.1 Å². The van der Waals surface area contributed by atoms with Crippen LogP contribution < -0.4 is 0 Å². The molecule has 2 fully saturated rings. The van der Waals surface area contributed by atoms with Gasteiger partial charge in [-0.05, 0) is 57.7 Å². The van der Waals surface area contributed by atoms with Gasteiger partial charge in [0.1, 0.15) is 12.2 Å². The van der Waals surface area contributed by atoms with Crippen molar-refractivity contribution in [3.63, 3.8) is 0 Å². The van der Waals surface area contributed by atoms with Crippen LogP contribution in [-0.2, 0) is 19.0 Å². The Bertz CT molecular complexity index is 1030. The third kappa shape index (κ3) is 11.0. The predicted octanol–water partition coefficient (Wildman–Crippen LogP) is 3.84. The van der Waals surface area contributed by atoms with Crippen molar-refractivity contribution >= 4 is 12.1 Å². The summed E-state index contributed by atoms with van der Waals surface area (Å²) < 4.78 is 17.6. The van der Waals surface area contributed by atoms with Gasteiger partial charge in [-0.3, -0.25) is 4.79 Å². The fourth-order valence-electron chi connectivity index (χ4n) is 5.98. The van der Waals surface area contributed by atoms with Crippen LogP contribution in [0.1, 0.15) is 73.6 Å². The molecule has 3 aliphatic heterocycles. The molecule has 10 atom stereocenters. The second-order valence-electron chi connectivity index (χ2n) is 13.5. The SMILES string of the molecule is CCC(O)C(C)C1OC1CC(C)(O)/C=C/C=C(\C)C1OC(=O)CC(O)CCC(C)C(OC(=O)N2CCN(C)CC2)/C=C/C1C. The summed E-state index contributed by atoms with van der Waals surface area (Å²) >= 11 is 0. The molecule has 1 amide bonds. The number of cyclic esters (lactones) is 1. The first-order valence-electron chi connectivity index (χ1n) is 16.3. The van der Waals surface area contributed by atoms with E-state index in [0.29, 0.717) is 38.8 Å². The lowest BCUT2D eigenvalue weighted by atomic mass is 9.91. The summed E-state index contributed by atoms with van der Waals surface area (Å²) in [5, 5.41) is 31.7. The van der Waals surface area contributed by atoms with Crippen LogP contribution in [0.4, 0.5) is 4.79 Å². The highest BCUT2D eigenvalue weighted by molar-refractivity contribution is 5.70. The van der Waals surface area contributed by atoms with E-state index < -0.39 is 36.0 Å². The van der Waals surface area contributed by atoms with Gasteiger partial charge < -0.3 is 39.3 Å². The van der Waals surface area contributed by atoms with E-state index in [9.17, 15) is 24.9 Å². The molecular formula is C34H56N2O8. The van der Waals surface area contributed by atoms with Gasteiger partial charge in [0.05, 0.1) is 36.4 Å². The van der Waals surface area contributed by atoms with Gasteiger partial charge in [0.25, 0.3) is 0 Å². The molecule has 10 nitrogen and oxygen atoms in total. The Morgan fingerprint density at radius 2 is 1.89 bits per heavy atom. The second-order valence-corrected chi connectivity index (χ2v) is 13.5. The fourth-order valence-corrected chi connectivity index (χ4v) is 5.98. The number of allylic oxidation sites excluding steroid dienone is 2. The van der Waals surface area contributed by atoms with Crippen molar-refractivity contribution in [2.75, 3.05) is 33.2 Å². The molecule has 44 heavy (non-hydrogen) atoms. The second kappa shape index (κ2) is 16.4. The Morgan fingerprint density at radius 3 is 2.55 bits per heavy atom. The molecule has 3 rings (SSSR count). The molecule has 0 bridgehead atoms. The number of carbonyl (C=O) groups is 2. The van der Waals surface area contributed by atoms with Crippen molar-refractivity contribution in [1.29, 1.82) is 0 Å². The van der Waals surface area contributed by atoms with Gasteiger partial charge in [0, 0.05) is 44.4 Å².